The molecule has 0 unspecified atom stereocenters. The molecule has 0 aromatic heterocycles. The molecule has 0 aliphatic rings. The summed E-state index contributed by atoms with van der Waals surface area (Å²) in [5.74, 6) is 0.731. The molecule has 0 bridgehead atoms. The lowest BCUT2D eigenvalue weighted by atomic mass is 10.0. The van der Waals surface area contributed by atoms with E-state index in [9.17, 15) is 4.79 Å². The predicted octanol–water partition coefficient (Wildman–Crippen LogP) is 1.50. The Balaban J connectivity index is 3.03. The van der Waals surface area contributed by atoms with Crippen LogP contribution in [0.1, 0.15) is 24.2 Å². The van der Waals surface area contributed by atoms with Crippen LogP contribution in [0.2, 0.25) is 0 Å². The fourth-order valence-electron chi connectivity index (χ4n) is 1.40. The molecule has 0 heterocycles. The molecule has 1 amide bonds. The summed E-state index contributed by atoms with van der Waals surface area (Å²) in [5.41, 5.74) is 5.21. The van der Waals surface area contributed by atoms with Crippen LogP contribution in [-0.2, 0) is 0 Å². The summed E-state index contributed by atoms with van der Waals surface area (Å²) in [6.45, 7) is 3.48. The summed E-state index contributed by atoms with van der Waals surface area (Å²) in [6.07, 6.45) is 0. The standard InChI is InChI=1S/C13H18N2O3S/c1-13(2,12(14)19)15-11(16)9-6-5-8(17-3)7-10(9)18-4/h5-7H,1-4H3,(H2,14,19)(H,15,16). The minimum Gasteiger partial charge on any atom is -0.497 e. The molecule has 19 heavy (non-hydrogen) atoms. The quantitative estimate of drug-likeness (QED) is 0.801. The zero-order valence-electron chi connectivity index (χ0n) is 11.4. The molecule has 0 atom stereocenters. The topological polar surface area (TPSA) is 73.6 Å². The molecular formula is C13H18N2O3S. The smallest absolute Gasteiger partial charge is 0.255 e. The fraction of sp³-hybridized carbons (Fsp3) is 0.385. The van der Waals surface area contributed by atoms with Crippen LogP contribution in [-0.4, -0.2) is 30.7 Å². The number of thiocarbonyl (C=S) groups is 1. The molecule has 0 aliphatic carbocycles. The van der Waals surface area contributed by atoms with Crippen LogP contribution in [0.4, 0.5) is 0 Å². The van der Waals surface area contributed by atoms with Crippen molar-refractivity contribution in [1.82, 2.24) is 5.32 Å². The van der Waals surface area contributed by atoms with E-state index in [0.717, 1.165) is 0 Å². The number of benzene rings is 1. The number of ether oxygens (including phenoxy) is 2. The maximum absolute atomic E-state index is 12.2. The maximum Gasteiger partial charge on any atom is 0.255 e. The van der Waals surface area contributed by atoms with Crippen molar-refractivity contribution < 1.29 is 14.3 Å². The lowest BCUT2D eigenvalue weighted by molar-refractivity contribution is 0.0929. The van der Waals surface area contributed by atoms with Crippen molar-refractivity contribution in [3.63, 3.8) is 0 Å². The Kier molecular flexibility index (Phi) is 4.72. The molecule has 5 nitrogen and oxygen atoms in total. The third-order valence-corrected chi connectivity index (χ3v) is 3.21. The average molecular weight is 282 g/mol. The minimum absolute atomic E-state index is 0.216. The number of carbonyl (C=O) groups excluding carboxylic acids is 1. The Labute approximate surface area is 118 Å². The summed E-state index contributed by atoms with van der Waals surface area (Å²) in [5, 5.41) is 2.76. The Bertz CT molecular complexity index is 501. The highest BCUT2D eigenvalue weighted by Gasteiger charge is 2.25. The second kappa shape index (κ2) is 5.88. The molecule has 1 aromatic carbocycles. The molecule has 0 aliphatic heterocycles. The van der Waals surface area contributed by atoms with E-state index in [1.807, 2.05) is 0 Å². The lowest BCUT2D eigenvalue weighted by Crippen LogP contribution is -2.52. The van der Waals surface area contributed by atoms with Gasteiger partial charge in [-0.1, -0.05) is 12.2 Å². The van der Waals surface area contributed by atoms with Gasteiger partial charge in [0.25, 0.3) is 5.91 Å². The Morgan fingerprint density at radius 2 is 1.95 bits per heavy atom. The van der Waals surface area contributed by atoms with Gasteiger partial charge in [0.05, 0.1) is 30.3 Å². The summed E-state index contributed by atoms with van der Waals surface area (Å²) >= 11 is 4.91. The summed E-state index contributed by atoms with van der Waals surface area (Å²) in [4.78, 5) is 12.4. The van der Waals surface area contributed by atoms with E-state index in [4.69, 9.17) is 27.4 Å². The van der Waals surface area contributed by atoms with Gasteiger partial charge in [0.1, 0.15) is 11.5 Å². The summed E-state index contributed by atoms with van der Waals surface area (Å²) in [6, 6.07) is 4.95. The second-order valence-corrected chi connectivity index (χ2v) is 4.95. The molecule has 0 saturated heterocycles. The van der Waals surface area contributed by atoms with Gasteiger partial charge in [-0.2, -0.15) is 0 Å². The Hall–Kier alpha value is -1.82. The molecule has 0 fully saturated rings. The first-order valence-corrected chi connectivity index (χ1v) is 6.07. The second-order valence-electron chi connectivity index (χ2n) is 4.51. The number of rotatable bonds is 5. The fourth-order valence-corrected chi connectivity index (χ4v) is 1.45. The van der Waals surface area contributed by atoms with Gasteiger partial charge < -0.3 is 20.5 Å². The first-order chi connectivity index (χ1) is 8.81. The molecule has 1 rings (SSSR count). The van der Waals surface area contributed by atoms with Crippen molar-refractivity contribution in [2.75, 3.05) is 14.2 Å². The third kappa shape index (κ3) is 3.57. The van der Waals surface area contributed by atoms with Gasteiger partial charge >= 0.3 is 0 Å². The Morgan fingerprint density at radius 1 is 1.32 bits per heavy atom. The number of methoxy groups -OCH3 is 2. The summed E-state index contributed by atoms with van der Waals surface area (Å²) < 4.78 is 10.3. The number of nitrogens with one attached hydrogen (secondary N) is 1. The first kappa shape index (κ1) is 15.2. The number of hydrogen-bond acceptors (Lipinski definition) is 4. The van der Waals surface area contributed by atoms with E-state index in [1.165, 1.54) is 7.11 Å². The molecule has 1 aromatic rings. The largest absolute Gasteiger partial charge is 0.497 e. The van der Waals surface area contributed by atoms with E-state index < -0.39 is 5.54 Å². The van der Waals surface area contributed by atoms with Gasteiger partial charge in [0.15, 0.2) is 0 Å². The molecule has 104 valence electrons. The SMILES string of the molecule is COc1ccc(C(=O)NC(C)(C)C(N)=S)c(OC)c1. The Morgan fingerprint density at radius 3 is 2.42 bits per heavy atom. The van der Waals surface area contributed by atoms with Gasteiger partial charge in [0, 0.05) is 6.07 Å². The normalized spacial score (nSPS) is 10.7. The van der Waals surface area contributed by atoms with Gasteiger partial charge in [-0.25, -0.2) is 0 Å². The molecular weight excluding hydrogens is 264 g/mol. The molecule has 6 heteroatoms. The van der Waals surface area contributed by atoms with Crippen LogP contribution in [0, 0.1) is 0 Å². The van der Waals surface area contributed by atoms with E-state index in [1.54, 1.807) is 39.2 Å². The third-order valence-electron chi connectivity index (χ3n) is 2.70. The lowest BCUT2D eigenvalue weighted by Gasteiger charge is -2.25. The van der Waals surface area contributed by atoms with Crippen molar-refractivity contribution >= 4 is 23.1 Å². The molecule has 3 N–H and O–H groups in total. The predicted molar refractivity (Wildman–Crippen MR) is 77.9 cm³/mol. The van der Waals surface area contributed by atoms with Gasteiger partial charge in [-0.3, -0.25) is 4.79 Å². The van der Waals surface area contributed by atoms with Crippen LogP contribution in [0.25, 0.3) is 0 Å². The van der Waals surface area contributed by atoms with E-state index >= 15 is 0 Å². The van der Waals surface area contributed by atoms with Crippen LogP contribution in [0.5, 0.6) is 11.5 Å². The van der Waals surface area contributed by atoms with Crippen LogP contribution in [0.3, 0.4) is 0 Å². The van der Waals surface area contributed by atoms with Gasteiger partial charge in [-0.05, 0) is 26.0 Å². The highest BCUT2D eigenvalue weighted by Crippen LogP contribution is 2.24. The van der Waals surface area contributed by atoms with Gasteiger partial charge in [-0.15, -0.1) is 0 Å². The van der Waals surface area contributed by atoms with Crippen molar-refractivity contribution in [3.05, 3.63) is 23.8 Å². The van der Waals surface area contributed by atoms with E-state index in [-0.39, 0.29) is 10.9 Å². The molecule has 0 saturated carbocycles. The average Bonchev–Trinajstić information content (AvgIpc) is 2.37. The van der Waals surface area contributed by atoms with Crippen molar-refractivity contribution in [3.8, 4) is 11.5 Å². The molecule has 0 radical (unpaired) electrons. The first-order valence-electron chi connectivity index (χ1n) is 5.66. The van der Waals surface area contributed by atoms with Crippen LogP contribution >= 0.6 is 12.2 Å². The van der Waals surface area contributed by atoms with Gasteiger partial charge in [0.2, 0.25) is 0 Å². The monoisotopic (exact) mass is 282 g/mol. The molecule has 0 spiro atoms. The van der Waals surface area contributed by atoms with Crippen molar-refractivity contribution in [1.29, 1.82) is 0 Å². The summed E-state index contributed by atoms with van der Waals surface area (Å²) in [7, 11) is 3.04. The zero-order chi connectivity index (χ0) is 14.6. The van der Waals surface area contributed by atoms with E-state index in [0.29, 0.717) is 17.1 Å². The van der Waals surface area contributed by atoms with E-state index in [2.05, 4.69) is 5.32 Å². The number of hydrogen-bond donors (Lipinski definition) is 2. The number of amides is 1. The maximum atomic E-state index is 12.2. The highest BCUT2D eigenvalue weighted by atomic mass is 32.1. The van der Waals surface area contributed by atoms with Crippen molar-refractivity contribution in [2.24, 2.45) is 5.73 Å². The highest BCUT2D eigenvalue weighted by molar-refractivity contribution is 7.80. The van der Waals surface area contributed by atoms with Crippen LogP contribution < -0.4 is 20.5 Å². The zero-order valence-corrected chi connectivity index (χ0v) is 12.3. The minimum atomic E-state index is -0.767. The van der Waals surface area contributed by atoms with Crippen molar-refractivity contribution in [2.45, 2.75) is 19.4 Å². The van der Waals surface area contributed by atoms with Crippen LogP contribution in [0.15, 0.2) is 18.2 Å². The number of nitrogens with two attached hydrogens (primary N) is 1. The number of carbonyl (C=O) groups is 1.